The van der Waals surface area contributed by atoms with Gasteiger partial charge in [-0.05, 0) is 30.9 Å². The van der Waals surface area contributed by atoms with E-state index in [4.69, 9.17) is 4.74 Å². The van der Waals surface area contributed by atoms with E-state index in [1.807, 2.05) is 13.8 Å². The van der Waals surface area contributed by atoms with Gasteiger partial charge in [0.15, 0.2) is 0 Å². The second-order valence-corrected chi connectivity index (χ2v) is 7.52. The van der Waals surface area contributed by atoms with Crippen molar-refractivity contribution in [2.45, 2.75) is 58.0 Å². The maximum Gasteiger partial charge on any atom is 0.255 e. The van der Waals surface area contributed by atoms with Gasteiger partial charge in [-0.25, -0.2) is 0 Å². The van der Waals surface area contributed by atoms with Gasteiger partial charge in [-0.15, -0.1) is 0 Å². The number of ether oxygens (including phenoxy) is 1. The first-order chi connectivity index (χ1) is 13.4. The Morgan fingerprint density at radius 2 is 1.79 bits per heavy atom. The van der Waals surface area contributed by atoms with E-state index in [1.165, 1.54) is 13.5 Å². The predicted octanol–water partition coefficient (Wildman–Crippen LogP) is 2.01. The van der Waals surface area contributed by atoms with Crippen LogP contribution in [-0.4, -0.2) is 43.5 Å². The van der Waals surface area contributed by atoms with Crippen LogP contribution in [0.15, 0.2) is 24.3 Å². The van der Waals surface area contributed by atoms with Gasteiger partial charge in [0.2, 0.25) is 11.8 Å². The molecule has 0 spiro atoms. The lowest BCUT2D eigenvalue weighted by atomic mass is 9.95. The predicted molar refractivity (Wildman–Crippen MR) is 107 cm³/mol. The van der Waals surface area contributed by atoms with Crippen LogP contribution < -0.4 is 20.7 Å². The first kappa shape index (κ1) is 21.7. The number of para-hydroxylation sites is 1. The van der Waals surface area contributed by atoms with Crippen molar-refractivity contribution in [1.82, 2.24) is 16.0 Å². The summed E-state index contributed by atoms with van der Waals surface area (Å²) in [6.07, 6.45) is 5.45. The number of hydrogen-bond acceptors (Lipinski definition) is 4. The van der Waals surface area contributed by atoms with E-state index in [-0.39, 0.29) is 30.3 Å². The molecule has 0 radical (unpaired) electrons. The minimum atomic E-state index is -0.750. The van der Waals surface area contributed by atoms with E-state index in [2.05, 4.69) is 16.0 Å². The highest BCUT2D eigenvalue weighted by Crippen LogP contribution is 2.18. The summed E-state index contributed by atoms with van der Waals surface area (Å²) in [6, 6.07) is 6.28. The monoisotopic (exact) mass is 389 g/mol. The molecule has 0 aliphatic heterocycles. The number of carbonyl (C=O) groups is 3. The van der Waals surface area contributed by atoms with Crippen molar-refractivity contribution in [2.75, 3.05) is 13.7 Å². The van der Waals surface area contributed by atoms with Crippen LogP contribution in [0, 0.1) is 5.92 Å². The van der Waals surface area contributed by atoms with Gasteiger partial charge in [0.1, 0.15) is 11.8 Å². The van der Waals surface area contributed by atoms with E-state index < -0.39 is 11.9 Å². The third-order valence-corrected chi connectivity index (χ3v) is 4.98. The minimum Gasteiger partial charge on any atom is -0.496 e. The van der Waals surface area contributed by atoms with Crippen LogP contribution in [0.5, 0.6) is 5.75 Å². The largest absolute Gasteiger partial charge is 0.496 e. The molecule has 1 atom stereocenters. The number of benzene rings is 1. The molecule has 1 aliphatic rings. The summed E-state index contributed by atoms with van der Waals surface area (Å²) in [7, 11) is 1.49. The van der Waals surface area contributed by atoms with Crippen LogP contribution >= 0.6 is 0 Å². The maximum absolute atomic E-state index is 12.6. The van der Waals surface area contributed by atoms with Gasteiger partial charge in [-0.2, -0.15) is 0 Å². The average molecular weight is 389 g/mol. The maximum atomic E-state index is 12.6. The van der Waals surface area contributed by atoms with Crippen LogP contribution in [0.2, 0.25) is 0 Å². The Kier molecular flexibility index (Phi) is 8.29. The summed E-state index contributed by atoms with van der Waals surface area (Å²) in [4.78, 5) is 37.3. The number of nitrogens with one attached hydrogen (secondary N) is 3. The molecule has 3 N–H and O–H groups in total. The fraction of sp³-hybridized carbons (Fsp3) is 0.571. The molecule has 1 aromatic carbocycles. The minimum absolute atomic E-state index is 0.0942. The lowest BCUT2D eigenvalue weighted by molar-refractivity contribution is -0.128. The second kappa shape index (κ2) is 10.7. The number of amides is 3. The summed E-state index contributed by atoms with van der Waals surface area (Å²) in [6.45, 7) is 3.59. The van der Waals surface area contributed by atoms with Crippen LogP contribution in [0.25, 0.3) is 0 Å². The molecule has 3 amide bonds. The zero-order chi connectivity index (χ0) is 20.5. The van der Waals surface area contributed by atoms with E-state index in [9.17, 15) is 14.4 Å². The van der Waals surface area contributed by atoms with Gasteiger partial charge in [-0.3, -0.25) is 14.4 Å². The Morgan fingerprint density at radius 3 is 2.43 bits per heavy atom. The van der Waals surface area contributed by atoms with Crippen molar-refractivity contribution < 1.29 is 19.1 Å². The summed E-state index contributed by atoms with van der Waals surface area (Å²) < 4.78 is 5.21. The van der Waals surface area contributed by atoms with Gasteiger partial charge < -0.3 is 20.7 Å². The molecular weight excluding hydrogens is 358 g/mol. The summed E-state index contributed by atoms with van der Waals surface area (Å²) >= 11 is 0. The van der Waals surface area contributed by atoms with Gasteiger partial charge in [0.05, 0.1) is 19.2 Å². The summed E-state index contributed by atoms with van der Waals surface area (Å²) in [5.74, 6) is -0.663. The van der Waals surface area contributed by atoms with Crippen LogP contribution in [0.4, 0.5) is 0 Å². The fourth-order valence-electron chi connectivity index (χ4n) is 3.39. The molecule has 0 saturated heterocycles. The normalized spacial score (nSPS) is 15.6. The quantitative estimate of drug-likeness (QED) is 0.634. The SMILES string of the molecule is COc1ccccc1C(=O)NC(C(=O)NCC(=O)NC1CCCCC1)C(C)C. The summed E-state index contributed by atoms with van der Waals surface area (Å²) in [5, 5.41) is 8.36. The van der Waals surface area contributed by atoms with Gasteiger partial charge >= 0.3 is 0 Å². The standard InChI is InChI=1S/C21H31N3O4/c1-14(2)19(24-20(26)16-11-7-8-12-17(16)28-3)21(27)22-13-18(25)23-15-9-5-4-6-10-15/h7-8,11-12,14-15,19H,4-6,9-10,13H2,1-3H3,(H,22,27)(H,23,25)(H,24,26). The van der Waals surface area contributed by atoms with Gasteiger partial charge in [0, 0.05) is 6.04 Å². The van der Waals surface area contributed by atoms with Crippen molar-refractivity contribution in [3.63, 3.8) is 0 Å². The molecule has 1 saturated carbocycles. The molecule has 1 aromatic rings. The summed E-state index contributed by atoms with van der Waals surface area (Å²) in [5.41, 5.74) is 0.360. The Morgan fingerprint density at radius 1 is 1.11 bits per heavy atom. The Labute approximate surface area is 166 Å². The Hall–Kier alpha value is -2.57. The topological polar surface area (TPSA) is 96.5 Å². The third-order valence-electron chi connectivity index (χ3n) is 4.98. The number of carbonyl (C=O) groups excluding carboxylic acids is 3. The molecule has 154 valence electrons. The number of hydrogen-bond donors (Lipinski definition) is 3. The molecule has 1 aliphatic carbocycles. The highest BCUT2D eigenvalue weighted by Gasteiger charge is 2.26. The smallest absolute Gasteiger partial charge is 0.255 e. The molecule has 0 heterocycles. The zero-order valence-electron chi connectivity index (χ0n) is 16.9. The molecular formula is C21H31N3O4. The van der Waals surface area contributed by atoms with Crippen molar-refractivity contribution >= 4 is 17.7 Å². The zero-order valence-corrected chi connectivity index (χ0v) is 16.9. The van der Waals surface area contributed by atoms with Gasteiger partial charge in [-0.1, -0.05) is 45.2 Å². The lowest BCUT2D eigenvalue weighted by Gasteiger charge is -2.24. The molecule has 7 heteroatoms. The van der Waals surface area contributed by atoms with Crippen molar-refractivity contribution in [2.24, 2.45) is 5.92 Å². The van der Waals surface area contributed by atoms with Crippen LogP contribution in [-0.2, 0) is 9.59 Å². The Bertz CT molecular complexity index is 684. The van der Waals surface area contributed by atoms with E-state index >= 15 is 0 Å². The first-order valence-electron chi connectivity index (χ1n) is 9.93. The third kappa shape index (κ3) is 6.25. The van der Waals surface area contributed by atoms with E-state index in [0.717, 1.165) is 25.7 Å². The van der Waals surface area contributed by atoms with Crippen LogP contribution in [0.3, 0.4) is 0 Å². The molecule has 7 nitrogen and oxygen atoms in total. The molecule has 1 unspecified atom stereocenters. The average Bonchev–Trinajstić information content (AvgIpc) is 2.70. The first-order valence-corrected chi connectivity index (χ1v) is 9.93. The van der Waals surface area contributed by atoms with E-state index in [0.29, 0.717) is 11.3 Å². The molecule has 2 rings (SSSR count). The number of rotatable bonds is 8. The highest BCUT2D eigenvalue weighted by molar-refractivity contribution is 6.00. The van der Waals surface area contributed by atoms with Crippen molar-refractivity contribution in [1.29, 1.82) is 0 Å². The van der Waals surface area contributed by atoms with Crippen molar-refractivity contribution in [3.05, 3.63) is 29.8 Å². The lowest BCUT2D eigenvalue weighted by Crippen LogP contribution is -2.52. The molecule has 1 fully saturated rings. The molecule has 0 aromatic heterocycles. The number of methoxy groups -OCH3 is 1. The molecule has 0 bridgehead atoms. The molecule has 28 heavy (non-hydrogen) atoms. The fourth-order valence-corrected chi connectivity index (χ4v) is 3.39. The second-order valence-electron chi connectivity index (χ2n) is 7.52. The van der Waals surface area contributed by atoms with Crippen LogP contribution in [0.1, 0.15) is 56.3 Å². The van der Waals surface area contributed by atoms with E-state index in [1.54, 1.807) is 24.3 Å². The van der Waals surface area contributed by atoms with Gasteiger partial charge in [0.25, 0.3) is 5.91 Å². The Balaban J connectivity index is 1.90. The highest BCUT2D eigenvalue weighted by atomic mass is 16.5. The van der Waals surface area contributed by atoms with Crippen molar-refractivity contribution in [3.8, 4) is 5.75 Å².